The molecule has 1 aromatic heterocycles. The van der Waals surface area contributed by atoms with Gasteiger partial charge in [0.1, 0.15) is 10.9 Å². The second-order valence-electron chi connectivity index (χ2n) is 7.69. The Morgan fingerprint density at radius 2 is 2.24 bits per heavy atom. The number of carbonyl (C=O) groups is 1. The van der Waals surface area contributed by atoms with Gasteiger partial charge in [-0.15, -0.1) is 0 Å². The van der Waals surface area contributed by atoms with Crippen LogP contribution in [0.4, 0.5) is 0 Å². The lowest BCUT2D eigenvalue weighted by molar-refractivity contribution is -0.0980. The number of aromatic nitrogens is 1. The van der Waals surface area contributed by atoms with Crippen LogP contribution in [0.5, 0.6) is 0 Å². The molecular weight excluding hydrogens is 342 g/mol. The van der Waals surface area contributed by atoms with Gasteiger partial charge in [-0.1, -0.05) is 13.8 Å². The van der Waals surface area contributed by atoms with Crippen LogP contribution in [0.2, 0.25) is 0 Å². The number of amides is 1. The number of ether oxygens (including phenoxy) is 1. The molecule has 0 radical (unpaired) electrons. The zero-order valence-corrected chi connectivity index (χ0v) is 15.3. The Morgan fingerprint density at radius 1 is 1.44 bits per heavy atom. The van der Waals surface area contributed by atoms with E-state index in [0.717, 1.165) is 0 Å². The van der Waals surface area contributed by atoms with Gasteiger partial charge < -0.3 is 9.64 Å². The number of sulfonamides is 1. The summed E-state index contributed by atoms with van der Waals surface area (Å²) >= 11 is 0. The van der Waals surface area contributed by atoms with Crippen LogP contribution in [0.3, 0.4) is 0 Å². The second-order valence-corrected chi connectivity index (χ2v) is 9.80. The summed E-state index contributed by atoms with van der Waals surface area (Å²) in [5, 5.41) is -0.546. The molecular formula is C17H23N3O4S. The fraction of sp³-hybridized carbons (Fsp3) is 0.647. The minimum atomic E-state index is -3.38. The highest BCUT2D eigenvalue weighted by Crippen LogP contribution is 2.46. The number of hydrogen-bond donors (Lipinski definition) is 0. The van der Waals surface area contributed by atoms with Crippen LogP contribution in [0.25, 0.3) is 0 Å². The fourth-order valence-corrected chi connectivity index (χ4v) is 6.82. The third-order valence-electron chi connectivity index (χ3n) is 5.28. The number of likely N-dealkylation sites (tertiary alicyclic amines) is 1. The maximum absolute atomic E-state index is 12.9. The summed E-state index contributed by atoms with van der Waals surface area (Å²) in [5.41, 5.74) is -0.272. The number of nitrogens with zero attached hydrogens (tertiary/aromatic N) is 3. The molecule has 3 aliphatic rings. The standard InChI is InChI=1S/C17H23N3O4S/c1-12(2)8-20-11-17-10-19(16(21)13-4-3-5-18-7-13)9-14(24-17)6-15(17)25(20,22)23/h3-5,7,12,14-15H,6,8-11H2,1-2H3/t14-,15+,17+/m1/s1. The van der Waals surface area contributed by atoms with Crippen molar-refractivity contribution in [2.24, 2.45) is 5.92 Å². The van der Waals surface area contributed by atoms with Crippen LogP contribution in [-0.4, -0.2) is 71.6 Å². The Kier molecular flexibility index (Phi) is 3.90. The van der Waals surface area contributed by atoms with E-state index in [2.05, 4.69) is 4.98 Å². The average Bonchev–Trinajstić information content (AvgIpc) is 2.93. The average molecular weight is 365 g/mol. The molecule has 0 aromatic carbocycles. The van der Waals surface area contributed by atoms with E-state index < -0.39 is 20.9 Å². The molecule has 1 aromatic rings. The predicted octanol–water partition coefficient (Wildman–Crippen LogP) is 0.735. The van der Waals surface area contributed by atoms with E-state index in [1.165, 1.54) is 0 Å². The third-order valence-corrected chi connectivity index (χ3v) is 7.61. The van der Waals surface area contributed by atoms with E-state index in [1.807, 2.05) is 13.8 Å². The first-order valence-corrected chi connectivity index (χ1v) is 10.2. The molecule has 0 N–H and O–H groups in total. The van der Waals surface area contributed by atoms with E-state index >= 15 is 0 Å². The van der Waals surface area contributed by atoms with Gasteiger partial charge in [0.15, 0.2) is 0 Å². The molecule has 0 unspecified atom stereocenters. The maximum Gasteiger partial charge on any atom is 0.255 e. The number of rotatable bonds is 3. The number of pyridine rings is 1. The lowest BCUT2D eigenvalue weighted by Crippen LogP contribution is -2.56. The summed E-state index contributed by atoms with van der Waals surface area (Å²) in [4.78, 5) is 18.5. The Morgan fingerprint density at radius 3 is 2.92 bits per heavy atom. The molecule has 3 saturated heterocycles. The summed E-state index contributed by atoms with van der Waals surface area (Å²) in [6.07, 6.45) is 3.43. The van der Waals surface area contributed by atoms with Crippen LogP contribution in [0.1, 0.15) is 30.6 Å². The maximum atomic E-state index is 12.9. The van der Waals surface area contributed by atoms with E-state index in [0.29, 0.717) is 38.2 Å². The van der Waals surface area contributed by atoms with Crippen molar-refractivity contribution >= 4 is 15.9 Å². The van der Waals surface area contributed by atoms with Gasteiger partial charge in [0, 0.05) is 32.0 Å². The van der Waals surface area contributed by atoms with Crippen molar-refractivity contribution in [2.75, 3.05) is 26.2 Å². The largest absolute Gasteiger partial charge is 0.365 e. The van der Waals surface area contributed by atoms with Gasteiger partial charge in [-0.2, -0.15) is 4.31 Å². The van der Waals surface area contributed by atoms with E-state index in [-0.39, 0.29) is 17.9 Å². The molecule has 136 valence electrons. The van der Waals surface area contributed by atoms with Crippen LogP contribution < -0.4 is 0 Å². The zero-order valence-electron chi connectivity index (χ0n) is 14.5. The first-order chi connectivity index (χ1) is 11.8. The highest BCUT2D eigenvalue weighted by molar-refractivity contribution is 7.90. The lowest BCUT2D eigenvalue weighted by atomic mass is 9.99. The van der Waals surface area contributed by atoms with Crippen molar-refractivity contribution in [2.45, 2.75) is 37.2 Å². The highest BCUT2D eigenvalue weighted by atomic mass is 32.2. The van der Waals surface area contributed by atoms with Crippen molar-refractivity contribution < 1.29 is 17.9 Å². The summed E-state index contributed by atoms with van der Waals surface area (Å²) < 4.78 is 33.5. The molecule has 8 heteroatoms. The summed E-state index contributed by atoms with van der Waals surface area (Å²) in [5.74, 6) is 0.138. The first kappa shape index (κ1) is 16.9. The quantitative estimate of drug-likeness (QED) is 0.789. The Bertz CT molecular complexity index is 782. The van der Waals surface area contributed by atoms with Crippen molar-refractivity contribution in [3.05, 3.63) is 30.1 Å². The monoisotopic (exact) mass is 365 g/mol. The van der Waals surface area contributed by atoms with Gasteiger partial charge in [0.05, 0.1) is 18.2 Å². The van der Waals surface area contributed by atoms with Crippen molar-refractivity contribution in [1.82, 2.24) is 14.2 Å². The van der Waals surface area contributed by atoms with E-state index in [4.69, 9.17) is 4.74 Å². The van der Waals surface area contributed by atoms with Crippen LogP contribution in [0, 0.1) is 5.92 Å². The molecule has 7 nitrogen and oxygen atoms in total. The van der Waals surface area contributed by atoms with Gasteiger partial charge in [-0.25, -0.2) is 8.42 Å². The SMILES string of the molecule is CC(C)CN1C[C@@]23CN(C(=O)c4cccnc4)C[C@@H](C[C@@H]2S1(=O)=O)O3. The lowest BCUT2D eigenvalue weighted by Gasteiger charge is -2.39. The van der Waals surface area contributed by atoms with Crippen LogP contribution >= 0.6 is 0 Å². The minimum Gasteiger partial charge on any atom is -0.365 e. The second kappa shape index (κ2) is 5.75. The molecule has 3 aliphatic heterocycles. The van der Waals surface area contributed by atoms with Crippen LogP contribution in [0.15, 0.2) is 24.5 Å². The van der Waals surface area contributed by atoms with Gasteiger partial charge in [-0.05, 0) is 24.5 Å². The molecule has 1 amide bonds. The van der Waals surface area contributed by atoms with E-state index in [9.17, 15) is 13.2 Å². The van der Waals surface area contributed by atoms with E-state index in [1.54, 1.807) is 33.7 Å². The highest BCUT2D eigenvalue weighted by Gasteiger charge is 2.65. The van der Waals surface area contributed by atoms with Gasteiger partial charge in [0.25, 0.3) is 5.91 Å². The molecule has 25 heavy (non-hydrogen) atoms. The molecule has 4 heterocycles. The predicted molar refractivity (Wildman–Crippen MR) is 91.5 cm³/mol. The Hall–Kier alpha value is -1.51. The van der Waals surface area contributed by atoms with Crippen molar-refractivity contribution in [3.8, 4) is 0 Å². The molecule has 0 saturated carbocycles. The van der Waals surface area contributed by atoms with Crippen LogP contribution in [-0.2, 0) is 14.8 Å². The number of hydrogen-bond acceptors (Lipinski definition) is 5. The molecule has 4 rings (SSSR count). The molecule has 1 spiro atoms. The topological polar surface area (TPSA) is 79.8 Å². The Labute approximate surface area is 148 Å². The molecule has 3 fully saturated rings. The van der Waals surface area contributed by atoms with Crippen molar-refractivity contribution in [3.63, 3.8) is 0 Å². The summed E-state index contributed by atoms with van der Waals surface area (Å²) in [6.45, 7) is 5.59. The molecule has 3 atom stereocenters. The summed E-state index contributed by atoms with van der Waals surface area (Å²) in [7, 11) is -3.38. The van der Waals surface area contributed by atoms with Gasteiger partial charge in [0.2, 0.25) is 10.0 Å². The number of morpholine rings is 1. The first-order valence-electron chi connectivity index (χ1n) is 8.68. The van der Waals surface area contributed by atoms with Crippen molar-refractivity contribution in [1.29, 1.82) is 0 Å². The molecule has 2 bridgehead atoms. The number of fused-ring (bicyclic) bond motifs is 1. The zero-order chi connectivity index (χ0) is 17.8. The van der Waals surface area contributed by atoms with Gasteiger partial charge in [-0.3, -0.25) is 9.78 Å². The number of carbonyl (C=O) groups excluding carboxylic acids is 1. The summed E-state index contributed by atoms with van der Waals surface area (Å²) in [6, 6.07) is 3.46. The third kappa shape index (κ3) is 2.67. The fourth-order valence-electron chi connectivity index (χ4n) is 4.35. The molecule has 0 aliphatic carbocycles. The minimum absolute atomic E-state index is 0.110. The Balaban J connectivity index is 1.61. The normalized spacial score (nSPS) is 33.6. The smallest absolute Gasteiger partial charge is 0.255 e. The van der Waals surface area contributed by atoms with Gasteiger partial charge >= 0.3 is 0 Å².